The van der Waals surface area contributed by atoms with Gasteiger partial charge in [0.1, 0.15) is 15.5 Å². The Morgan fingerprint density at radius 2 is 1.88 bits per heavy atom. The number of hydrogen-bond donors (Lipinski definition) is 1. The Balaban J connectivity index is 2.41. The van der Waals surface area contributed by atoms with Gasteiger partial charge >= 0.3 is 11.9 Å². The molecule has 6 nitrogen and oxygen atoms in total. The summed E-state index contributed by atoms with van der Waals surface area (Å²) >= 11 is 2.30. The molecule has 0 aliphatic carbocycles. The molecule has 1 amide bonds. The number of amides is 1. The molecule has 0 aromatic carbocycles. The van der Waals surface area contributed by atoms with E-state index < -0.39 is 17.5 Å². The summed E-state index contributed by atoms with van der Waals surface area (Å²) in [5.74, 6) is -1.47. The van der Waals surface area contributed by atoms with E-state index in [1.165, 1.54) is 11.3 Å². The lowest BCUT2D eigenvalue weighted by molar-refractivity contribution is 0.00744. The Bertz CT molecular complexity index is 815. The van der Waals surface area contributed by atoms with Crippen molar-refractivity contribution >= 4 is 45.5 Å². The van der Waals surface area contributed by atoms with Crippen molar-refractivity contribution in [3.8, 4) is 0 Å². The fourth-order valence-electron chi connectivity index (χ4n) is 2.14. The van der Waals surface area contributed by atoms with Gasteiger partial charge in [0.25, 0.3) is 5.91 Å². The zero-order valence-corrected chi connectivity index (χ0v) is 16.9. The first kappa shape index (κ1) is 20.1. The number of rotatable bonds is 5. The molecule has 2 aromatic rings. The summed E-state index contributed by atoms with van der Waals surface area (Å²) < 4.78 is 10.5. The van der Waals surface area contributed by atoms with Crippen molar-refractivity contribution < 1.29 is 23.9 Å². The Morgan fingerprint density at radius 3 is 2.42 bits per heavy atom. The molecule has 0 fully saturated rings. The topological polar surface area (TPSA) is 81.7 Å². The van der Waals surface area contributed by atoms with Crippen LogP contribution in [0.2, 0.25) is 0 Å². The van der Waals surface area contributed by atoms with Crippen LogP contribution < -0.4 is 5.32 Å². The molecule has 8 heteroatoms. The lowest BCUT2D eigenvalue weighted by Crippen LogP contribution is -2.23. The van der Waals surface area contributed by atoms with Gasteiger partial charge in [-0.05, 0) is 51.6 Å². The third-order valence-corrected chi connectivity index (χ3v) is 5.24. The smallest absolute Gasteiger partial charge is 0.349 e. The van der Waals surface area contributed by atoms with E-state index >= 15 is 0 Å². The van der Waals surface area contributed by atoms with Gasteiger partial charge in [0.2, 0.25) is 0 Å². The van der Waals surface area contributed by atoms with E-state index in [-0.39, 0.29) is 28.0 Å². The van der Waals surface area contributed by atoms with Gasteiger partial charge in [-0.25, -0.2) is 9.59 Å². The van der Waals surface area contributed by atoms with Crippen LogP contribution in [0.1, 0.15) is 63.0 Å². The molecule has 2 aromatic heterocycles. The lowest BCUT2D eigenvalue weighted by Gasteiger charge is -2.19. The molecule has 2 heterocycles. The molecule has 140 valence electrons. The van der Waals surface area contributed by atoms with Gasteiger partial charge in [-0.3, -0.25) is 4.79 Å². The van der Waals surface area contributed by atoms with Crippen molar-refractivity contribution in [2.75, 3.05) is 11.9 Å². The van der Waals surface area contributed by atoms with Crippen LogP contribution in [0, 0.1) is 6.92 Å². The Morgan fingerprint density at radius 1 is 1.19 bits per heavy atom. The van der Waals surface area contributed by atoms with Gasteiger partial charge < -0.3 is 14.8 Å². The lowest BCUT2D eigenvalue weighted by atomic mass is 10.1. The highest BCUT2D eigenvalue weighted by Crippen LogP contribution is 2.35. The molecule has 0 aliphatic rings. The molecule has 0 saturated carbocycles. The van der Waals surface area contributed by atoms with Crippen molar-refractivity contribution in [2.45, 2.75) is 40.2 Å². The third-order valence-electron chi connectivity index (χ3n) is 3.18. The van der Waals surface area contributed by atoms with Crippen LogP contribution in [-0.2, 0) is 9.47 Å². The zero-order valence-electron chi connectivity index (χ0n) is 15.3. The van der Waals surface area contributed by atoms with Crippen LogP contribution in [0.4, 0.5) is 5.00 Å². The minimum atomic E-state index is -0.669. The first-order valence-electron chi connectivity index (χ1n) is 8.02. The monoisotopic (exact) mass is 395 g/mol. The van der Waals surface area contributed by atoms with Gasteiger partial charge in [-0.15, -0.1) is 22.7 Å². The number of carbonyl (C=O) groups excluding carboxylic acids is 3. The minimum Gasteiger partial charge on any atom is -0.462 e. The van der Waals surface area contributed by atoms with Crippen LogP contribution in [0.3, 0.4) is 0 Å². The number of anilines is 1. The average Bonchev–Trinajstić information content (AvgIpc) is 3.14. The van der Waals surface area contributed by atoms with Crippen LogP contribution in [0.25, 0.3) is 0 Å². The van der Waals surface area contributed by atoms with E-state index in [2.05, 4.69) is 5.32 Å². The fraction of sp³-hybridized carbons (Fsp3) is 0.389. The van der Waals surface area contributed by atoms with E-state index in [1.807, 2.05) is 0 Å². The first-order valence-corrected chi connectivity index (χ1v) is 9.72. The number of hydrogen-bond acceptors (Lipinski definition) is 7. The second kappa shape index (κ2) is 8.01. The summed E-state index contributed by atoms with van der Waals surface area (Å²) in [4.78, 5) is 38.0. The van der Waals surface area contributed by atoms with Crippen molar-refractivity contribution in [3.63, 3.8) is 0 Å². The van der Waals surface area contributed by atoms with E-state index in [4.69, 9.17) is 9.47 Å². The first-order chi connectivity index (χ1) is 12.1. The number of carbonyl (C=O) groups is 3. The maximum absolute atomic E-state index is 12.5. The standard InChI is InChI=1S/C18H21NO5S2/c1-6-23-16(21)12-10(2)13(17(22)24-18(3,4)5)26-15(12)19-14(20)11-8-7-9-25-11/h7-9H,6H2,1-5H3,(H,19,20). The number of ether oxygens (including phenoxy) is 2. The predicted molar refractivity (Wildman–Crippen MR) is 102 cm³/mol. The molecule has 0 saturated heterocycles. The maximum Gasteiger partial charge on any atom is 0.349 e. The molecule has 1 N–H and O–H groups in total. The highest BCUT2D eigenvalue weighted by atomic mass is 32.1. The average molecular weight is 396 g/mol. The number of nitrogens with one attached hydrogen (secondary N) is 1. The fourth-order valence-corrected chi connectivity index (χ4v) is 3.83. The highest BCUT2D eigenvalue weighted by molar-refractivity contribution is 7.19. The quantitative estimate of drug-likeness (QED) is 0.754. The van der Waals surface area contributed by atoms with Gasteiger partial charge in [-0.1, -0.05) is 6.07 Å². The molecule has 2 rings (SSSR count). The minimum absolute atomic E-state index is 0.183. The summed E-state index contributed by atoms with van der Waals surface area (Å²) in [6.07, 6.45) is 0. The third kappa shape index (κ3) is 4.70. The van der Waals surface area contributed by atoms with Gasteiger partial charge in [0.15, 0.2) is 0 Å². The van der Waals surface area contributed by atoms with Gasteiger partial charge in [0.05, 0.1) is 17.0 Å². The Labute approximate surface area is 160 Å². The Kier molecular flexibility index (Phi) is 6.20. The molecular formula is C18H21NO5S2. The van der Waals surface area contributed by atoms with E-state index in [1.54, 1.807) is 52.1 Å². The number of esters is 2. The van der Waals surface area contributed by atoms with Crippen molar-refractivity contribution in [3.05, 3.63) is 38.4 Å². The molecule has 0 spiro atoms. The summed E-state index contributed by atoms with van der Waals surface area (Å²) in [6.45, 7) is 8.81. The zero-order chi connectivity index (χ0) is 19.5. The SMILES string of the molecule is CCOC(=O)c1c(NC(=O)c2cccs2)sc(C(=O)OC(C)(C)C)c1C. The molecule has 0 atom stereocenters. The van der Waals surface area contributed by atoms with Gasteiger partial charge in [-0.2, -0.15) is 0 Å². The van der Waals surface area contributed by atoms with Crippen molar-refractivity contribution in [1.29, 1.82) is 0 Å². The van der Waals surface area contributed by atoms with E-state index in [0.717, 1.165) is 11.3 Å². The molecule has 26 heavy (non-hydrogen) atoms. The summed E-state index contributed by atoms with van der Waals surface area (Å²) in [5.41, 5.74) is -0.0513. The van der Waals surface area contributed by atoms with E-state index in [0.29, 0.717) is 10.4 Å². The predicted octanol–water partition coefficient (Wildman–Crippen LogP) is 4.50. The summed E-state index contributed by atoms with van der Waals surface area (Å²) in [7, 11) is 0. The molecule has 0 aliphatic heterocycles. The van der Waals surface area contributed by atoms with Gasteiger partial charge in [0, 0.05) is 0 Å². The Hall–Kier alpha value is -2.19. The number of thiophene rings is 2. The van der Waals surface area contributed by atoms with Crippen LogP contribution in [-0.4, -0.2) is 30.1 Å². The second-order valence-corrected chi connectivity index (χ2v) is 8.38. The highest BCUT2D eigenvalue weighted by Gasteiger charge is 2.29. The largest absolute Gasteiger partial charge is 0.462 e. The van der Waals surface area contributed by atoms with Crippen molar-refractivity contribution in [1.82, 2.24) is 0 Å². The molecule has 0 bridgehead atoms. The van der Waals surface area contributed by atoms with Crippen LogP contribution >= 0.6 is 22.7 Å². The van der Waals surface area contributed by atoms with Crippen LogP contribution in [0.15, 0.2) is 17.5 Å². The second-order valence-electron chi connectivity index (χ2n) is 6.41. The molecular weight excluding hydrogens is 374 g/mol. The summed E-state index contributed by atoms with van der Waals surface area (Å²) in [5, 5.41) is 4.78. The van der Waals surface area contributed by atoms with Crippen molar-refractivity contribution in [2.24, 2.45) is 0 Å². The summed E-state index contributed by atoms with van der Waals surface area (Å²) in [6, 6.07) is 3.44. The van der Waals surface area contributed by atoms with Crippen LogP contribution in [0.5, 0.6) is 0 Å². The van der Waals surface area contributed by atoms with E-state index in [9.17, 15) is 14.4 Å². The molecule has 0 unspecified atom stereocenters. The normalized spacial score (nSPS) is 11.1. The maximum atomic E-state index is 12.5. The molecule has 0 radical (unpaired) electrons.